The number of aromatic hydroxyl groups is 1. The number of hydrogen-bond donors (Lipinski definition) is 2. The third-order valence-corrected chi connectivity index (χ3v) is 6.15. The Bertz CT molecular complexity index is 808. The highest BCUT2D eigenvalue weighted by Gasteiger charge is 2.39. The Morgan fingerprint density at radius 2 is 1.74 bits per heavy atom. The largest absolute Gasteiger partial charge is 0.507 e. The van der Waals surface area contributed by atoms with Crippen LogP contribution in [0.2, 0.25) is 0 Å². The van der Waals surface area contributed by atoms with E-state index in [4.69, 9.17) is 4.74 Å². The monoisotopic (exact) mass is 368 g/mol. The van der Waals surface area contributed by atoms with Gasteiger partial charge in [0, 0.05) is 25.2 Å². The molecule has 1 amide bonds. The van der Waals surface area contributed by atoms with E-state index in [1.54, 1.807) is 12.1 Å². The van der Waals surface area contributed by atoms with Crippen molar-refractivity contribution in [1.82, 2.24) is 10.2 Å². The average molecular weight is 368 g/mol. The van der Waals surface area contributed by atoms with Gasteiger partial charge < -0.3 is 15.2 Å². The Kier molecular flexibility index (Phi) is 5.32. The highest BCUT2D eigenvalue weighted by atomic mass is 16.5. The molecule has 1 aliphatic carbocycles. The number of hydrogen-bond acceptors (Lipinski definition) is 4. The molecule has 144 valence electrons. The van der Waals surface area contributed by atoms with Crippen LogP contribution in [0.3, 0.4) is 0 Å². The third kappa shape index (κ3) is 3.80. The zero-order chi connectivity index (χ0) is 18.7. The zero-order valence-electron chi connectivity index (χ0n) is 15.7. The van der Waals surface area contributed by atoms with E-state index in [0.29, 0.717) is 12.1 Å². The van der Waals surface area contributed by atoms with Crippen LogP contribution in [0, 0.1) is 0 Å². The second kappa shape index (κ2) is 7.87. The first kappa shape index (κ1) is 18.3. The molecular formula is C22H28N2O3. The number of nitrogens with one attached hydrogen (secondary N) is 1. The molecule has 27 heavy (non-hydrogen) atoms. The first-order valence-corrected chi connectivity index (χ1v) is 10.0. The molecule has 0 spiro atoms. The van der Waals surface area contributed by atoms with Gasteiger partial charge in [0.05, 0.1) is 18.8 Å². The maximum Gasteiger partial charge on any atom is 0.255 e. The number of morpholine rings is 1. The van der Waals surface area contributed by atoms with Gasteiger partial charge in [0.1, 0.15) is 5.75 Å². The van der Waals surface area contributed by atoms with Crippen LogP contribution in [-0.4, -0.2) is 54.3 Å². The van der Waals surface area contributed by atoms with Crippen LogP contribution in [0.15, 0.2) is 36.4 Å². The molecule has 1 saturated carbocycles. The van der Waals surface area contributed by atoms with E-state index >= 15 is 0 Å². The molecule has 0 atom stereocenters. The minimum atomic E-state index is -0.198. The SMILES string of the molecule is O=C(NCC1(N2CCOCC2)CCCCC1)c1cc2ccccc2cc1O. The number of carbonyl (C=O) groups is 1. The minimum absolute atomic E-state index is 0.0180. The Morgan fingerprint density at radius 1 is 1.07 bits per heavy atom. The fourth-order valence-electron chi connectivity index (χ4n) is 4.60. The molecule has 2 N–H and O–H groups in total. The van der Waals surface area contributed by atoms with Crippen molar-refractivity contribution < 1.29 is 14.6 Å². The van der Waals surface area contributed by atoms with Gasteiger partial charge in [-0.25, -0.2) is 0 Å². The highest BCUT2D eigenvalue weighted by molar-refractivity contribution is 6.01. The molecule has 2 aromatic carbocycles. The van der Waals surface area contributed by atoms with Gasteiger partial charge in [-0.05, 0) is 35.7 Å². The Labute approximate surface area is 160 Å². The van der Waals surface area contributed by atoms with E-state index in [1.807, 2.05) is 24.3 Å². The van der Waals surface area contributed by atoms with Gasteiger partial charge in [-0.2, -0.15) is 0 Å². The predicted octanol–water partition coefficient (Wildman–Crippen LogP) is 3.31. The van der Waals surface area contributed by atoms with Crippen molar-refractivity contribution in [2.24, 2.45) is 0 Å². The second-order valence-electron chi connectivity index (χ2n) is 7.78. The van der Waals surface area contributed by atoms with E-state index in [-0.39, 0.29) is 17.2 Å². The first-order chi connectivity index (χ1) is 13.2. The molecule has 0 radical (unpaired) electrons. The van der Waals surface area contributed by atoms with Gasteiger partial charge in [0.15, 0.2) is 0 Å². The van der Waals surface area contributed by atoms with Crippen molar-refractivity contribution in [2.45, 2.75) is 37.6 Å². The molecule has 0 aromatic heterocycles. The molecule has 1 saturated heterocycles. The normalized spacial score (nSPS) is 20.4. The number of phenolic OH excluding ortho intramolecular Hbond substituents is 1. The number of fused-ring (bicyclic) bond motifs is 1. The van der Waals surface area contributed by atoms with Crippen molar-refractivity contribution in [3.8, 4) is 5.75 Å². The van der Waals surface area contributed by atoms with Crippen molar-refractivity contribution >= 4 is 16.7 Å². The summed E-state index contributed by atoms with van der Waals surface area (Å²) in [6.45, 7) is 4.01. The summed E-state index contributed by atoms with van der Waals surface area (Å²) in [6, 6.07) is 11.2. The summed E-state index contributed by atoms with van der Waals surface area (Å²) in [5, 5.41) is 15.4. The molecule has 5 heteroatoms. The fourth-order valence-corrected chi connectivity index (χ4v) is 4.60. The molecular weight excluding hydrogens is 340 g/mol. The van der Waals surface area contributed by atoms with E-state index in [0.717, 1.165) is 49.9 Å². The number of benzene rings is 2. The maximum atomic E-state index is 12.9. The number of amides is 1. The highest BCUT2D eigenvalue weighted by Crippen LogP contribution is 2.34. The summed E-state index contributed by atoms with van der Waals surface area (Å²) in [5.74, 6) is -0.160. The van der Waals surface area contributed by atoms with Crippen LogP contribution >= 0.6 is 0 Å². The van der Waals surface area contributed by atoms with Crippen LogP contribution in [0.1, 0.15) is 42.5 Å². The lowest BCUT2D eigenvalue weighted by Gasteiger charge is -2.48. The van der Waals surface area contributed by atoms with Gasteiger partial charge in [0.25, 0.3) is 5.91 Å². The lowest BCUT2D eigenvalue weighted by molar-refractivity contribution is -0.0361. The molecule has 1 heterocycles. The minimum Gasteiger partial charge on any atom is -0.507 e. The molecule has 4 rings (SSSR count). The standard InChI is InChI=1S/C22H28N2O3/c25-20-15-18-7-3-2-6-17(18)14-19(20)21(26)23-16-22(8-4-1-5-9-22)24-10-12-27-13-11-24/h2-3,6-7,14-15,25H,1,4-5,8-13,16H2,(H,23,26). The van der Waals surface area contributed by atoms with Crippen molar-refractivity contribution in [3.05, 3.63) is 42.0 Å². The second-order valence-corrected chi connectivity index (χ2v) is 7.78. The molecule has 0 unspecified atom stereocenters. The fraction of sp³-hybridized carbons (Fsp3) is 0.500. The maximum absolute atomic E-state index is 12.9. The summed E-state index contributed by atoms with van der Waals surface area (Å²) >= 11 is 0. The van der Waals surface area contributed by atoms with Gasteiger partial charge >= 0.3 is 0 Å². The summed E-state index contributed by atoms with van der Waals surface area (Å²) in [4.78, 5) is 15.4. The predicted molar refractivity (Wildman–Crippen MR) is 106 cm³/mol. The van der Waals surface area contributed by atoms with E-state index in [2.05, 4.69) is 10.2 Å². The van der Waals surface area contributed by atoms with Gasteiger partial charge in [-0.3, -0.25) is 9.69 Å². The van der Waals surface area contributed by atoms with Gasteiger partial charge in [0.2, 0.25) is 0 Å². The number of ether oxygens (including phenoxy) is 1. The lowest BCUT2D eigenvalue weighted by Crippen LogP contribution is -2.59. The van der Waals surface area contributed by atoms with Crippen LogP contribution in [0.5, 0.6) is 5.75 Å². The molecule has 1 aliphatic heterocycles. The van der Waals surface area contributed by atoms with Gasteiger partial charge in [-0.15, -0.1) is 0 Å². The summed E-state index contributed by atoms with van der Waals surface area (Å²) in [6.07, 6.45) is 5.89. The average Bonchev–Trinajstić information content (AvgIpc) is 2.73. The van der Waals surface area contributed by atoms with Gasteiger partial charge in [-0.1, -0.05) is 43.5 Å². The summed E-state index contributed by atoms with van der Waals surface area (Å²) < 4.78 is 5.52. The Morgan fingerprint density at radius 3 is 2.44 bits per heavy atom. The van der Waals surface area contributed by atoms with Crippen LogP contribution in [0.25, 0.3) is 10.8 Å². The number of rotatable bonds is 4. The topological polar surface area (TPSA) is 61.8 Å². The summed E-state index contributed by atoms with van der Waals surface area (Å²) in [5.41, 5.74) is 0.367. The Balaban J connectivity index is 1.52. The summed E-state index contributed by atoms with van der Waals surface area (Å²) in [7, 11) is 0. The molecule has 2 fully saturated rings. The molecule has 0 bridgehead atoms. The number of phenols is 1. The van der Waals surface area contributed by atoms with Crippen molar-refractivity contribution in [1.29, 1.82) is 0 Å². The lowest BCUT2D eigenvalue weighted by atomic mass is 9.79. The van der Waals surface area contributed by atoms with E-state index in [1.165, 1.54) is 19.3 Å². The van der Waals surface area contributed by atoms with Crippen LogP contribution in [0.4, 0.5) is 0 Å². The molecule has 2 aromatic rings. The van der Waals surface area contributed by atoms with Crippen LogP contribution in [-0.2, 0) is 4.74 Å². The van der Waals surface area contributed by atoms with Crippen molar-refractivity contribution in [3.63, 3.8) is 0 Å². The molecule has 5 nitrogen and oxygen atoms in total. The van der Waals surface area contributed by atoms with E-state index in [9.17, 15) is 9.90 Å². The smallest absolute Gasteiger partial charge is 0.255 e. The quantitative estimate of drug-likeness (QED) is 0.869. The van der Waals surface area contributed by atoms with E-state index < -0.39 is 0 Å². The number of carbonyl (C=O) groups excluding carboxylic acids is 1. The van der Waals surface area contributed by atoms with Crippen LogP contribution < -0.4 is 5.32 Å². The number of nitrogens with zero attached hydrogens (tertiary/aromatic N) is 1. The molecule has 2 aliphatic rings. The first-order valence-electron chi connectivity index (χ1n) is 10.0. The van der Waals surface area contributed by atoms with Crippen molar-refractivity contribution in [2.75, 3.05) is 32.8 Å². The zero-order valence-corrected chi connectivity index (χ0v) is 15.7. The Hall–Kier alpha value is -2.11. The third-order valence-electron chi connectivity index (χ3n) is 6.15.